The Morgan fingerprint density at radius 3 is 2.85 bits per heavy atom. The van der Waals surface area contributed by atoms with Gasteiger partial charge in [0.25, 0.3) is 0 Å². The summed E-state index contributed by atoms with van der Waals surface area (Å²) in [6.45, 7) is 0. The molecule has 2 heteroatoms. The summed E-state index contributed by atoms with van der Waals surface area (Å²) >= 11 is 0. The van der Waals surface area contributed by atoms with Crippen LogP contribution in [0.1, 0.15) is 24.6 Å². The van der Waals surface area contributed by atoms with E-state index in [0.29, 0.717) is 5.92 Å². The normalized spacial score (nSPS) is 35.9. The Morgan fingerprint density at radius 2 is 2.31 bits per heavy atom. The fourth-order valence-corrected chi connectivity index (χ4v) is 2.81. The minimum atomic E-state index is 0.690. The molecule has 1 saturated carbocycles. The molecule has 2 aliphatic rings. The highest BCUT2D eigenvalue weighted by Crippen LogP contribution is 2.47. The Bertz CT molecular complexity index is 351. The number of nitrogens with zero attached hydrogens (tertiary/aromatic N) is 2. The van der Waals surface area contributed by atoms with E-state index in [0.717, 1.165) is 11.8 Å². The molecular weight excluding hydrogens is 160 g/mol. The second kappa shape index (κ2) is 2.47. The molecule has 68 valence electrons. The van der Waals surface area contributed by atoms with Crippen molar-refractivity contribution in [1.29, 1.82) is 0 Å². The number of fused-ring (bicyclic) bond motifs is 2. The second-order valence-corrected chi connectivity index (χ2v) is 4.28. The minimum absolute atomic E-state index is 0.690. The van der Waals surface area contributed by atoms with Crippen LogP contribution in [0.4, 0.5) is 0 Å². The molecule has 0 aliphatic heterocycles. The number of allylic oxidation sites excluding steroid dienone is 2. The van der Waals surface area contributed by atoms with E-state index in [1.165, 1.54) is 18.7 Å². The molecule has 13 heavy (non-hydrogen) atoms. The lowest BCUT2D eigenvalue weighted by molar-refractivity contribution is 0.534. The molecule has 2 nitrogen and oxygen atoms in total. The van der Waals surface area contributed by atoms with Crippen molar-refractivity contribution in [2.75, 3.05) is 0 Å². The molecule has 3 atom stereocenters. The van der Waals surface area contributed by atoms with Crippen molar-refractivity contribution in [3.63, 3.8) is 0 Å². The Hall–Kier alpha value is -1.05. The summed E-state index contributed by atoms with van der Waals surface area (Å²) in [7, 11) is 2.10. The second-order valence-electron chi connectivity index (χ2n) is 4.28. The predicted octanol–water partition coefficient (Wildman–Crippen LogP) is 2.10. The van der Waals surface area contributed by atoms with E-state index in [2.05, 4.69) is 28.8 Å². The van der Waals surface area contributed by atoms with E-state index >= 15 is 0 Å². The van der Waals surface area contributed by atoms with E-state index in [4.69, 9.17) is 0 Å². The van der Waals surface area contributed by atoms with Gasteiger partial charge in [0.15, 0.2) is 0 Å². The van der Waals surface area contributed by atoms with Gasteiger partial charge in [-0.3, -0.25) is 0 Å². The molecule has 1 fully saturated rings. The molecule has 2 aliphatic carbocycles. The predicted molar refractivity (Wildman–Crippen MR) is 51.3 cm³/mol. The monoisotopic (exact) mass is 174 g/mol. The van der Waals surface area contributed by atoms with Gasteiger partial charge in [-0.15, -0.1) is 0 Å². The van der Waals surface area contributed by atoms with Gasteiger partial charge in [-0.05, 0) is 24.7 Å². The maximum Gasteiger partial charge on any atom is 0.112 e. The van der Waals surface area contributed by atoms with Crippen LogP contribution in [0, 0.1) is 11.8 Å². The summed E-state index contributed by atoms with van der Waals surface area (Å²) in [5.74, 6) is 3.57. The molecular formula is C11H14N2. The van der Waals surface area contributed by atoms with Gasteiger partial charge in [-0.1, -0.05) is 12.2 Å². The largest absolute Gasteiger partial charge is 0.338 e. The van der Waals surface area contributed by atoms with Crippen molar-refractivity contribution in [2.24, 2.45) is 18.9 Å². The molecule has 1 aromatic rings. The molecule has 0 radical (unpaired) electrons. The molecule has 1 heterocycles. The highest BCUT2D eigenvalue weighted by Gasteiger charge is 2.38. The zero-order valence-corrected chi connectivity index (χ0v) is 7.85. The SMILES string of the molecule is Cn1ccnc1C1CC2C=CC1C2. The van der Waals surface area contributed by atoms with Gasteiger partial charge in [0.05, 0.1) is 0 Å². The lowest BCUT2D eigenvalue weighted by Gasteiger charge is -2.17. The van der Waals surface area contributed by atoms with Crippen LogP contribution < -0.4 is 0 Å². The van der Waals surface area contributed by atoms with Crippen LogP contribution in [-0.2, 0) is 7.05 Å². The molecule has 0 saturated heterocycles. The topological polar surface area (TPSA) is 17.8 Å². The Kier molecular flexibility index (Phi) is 1.40. The molecule has 0 spiro atoms. The van der Waals surface area contributed by atoms with Gasteiger partial charge in [0, 0.05) is 25.4 Å². The van der Waals surface area contributed by atoms with Gasteiger partial charge in [-0.2, -0.15) is 0 Å². The maximum atomic E-state index is 4.45. The van der Waals surface area contributed by atoms with Crippen LogP contribution in [0.3, 0.4) is 0 Å². The first-order valence-electron chi connectivity index (χ1n) is 5.00. The number of imidazole rings is 1. The first-order valence-corrected chi connectivity index (χ1v) is 5.00. The van der Waals surface area contributed by atoms with E-state index in [1.807, 2.05) is 12.4 Å². The highest BCUT2D eigenvalue weighted by molar-refractivity contribution is 5.18. The summed E-state index contributed by atoms with van der Waals surface area (Å²) in [6.07, 6.45) is 11.4. The summed E-state index contributed by atoms with van der Waals surface area (Å²) < 4.78 is 2.17. The average molecular weight is 174 g/mol. The number of hydrogen-bond donors (Lipinski definition) is 0. The first kappa shape index (κ1) is 7.36. The zero-order valence-electron chi connectivity index (χ0n) is 7.85. The minimum Gasteiger partial charge on any atom is -0.338 e. The van der Waals surface area contributed by atoms with Crippen molar-refractivity contribution in [2.45, 2.75) is 18.8 Å². The summed E-state index contributed by atoms with van der Waals surface area (Å²) in [5.41, 5.74) is 0. The van der Waals surface area contributed by atoms with E-state index in [-0.39, 0.29) is 0 Å². The van der Waals surface area contributed by atoms with Gasteiger partial charge < -0.3 is 4.57 Å². The third-order valence-electron chi connectivity index (χ3n) is 3.47. The quantitative estimate of drug-likeness (QED) is 0.596. The number of hydrogen-bond acceptors (Lipinski definition) is 1. The number of aromatic nitrogens is 2. The molecule has 0 amide bonds. The van der Waals surface area contributed by atoms with Gasteiger partial charge in [0.2, 0.25) is 0 Å². The fourth-order valence-electron chi connectivity index (χ4n) is 2.81. The fraction of sp³-hybridized carbons (Fsp3) is 0.545. The number of rotatable bonds is 1. The summed E-state index contributed by atoms with van der Waals surface area (Å²) in [5, 5.41) is 0. The van der Waals surface area contributed by atoms with Gasteiger partial charge in [-0.25, -0.2) is 4.98 Å². The van der Waals surface area contributed by atoms with Crippen LogP contribution in [0.5, 0.6) is 0 Å². The third kappa shape index (κ3) is 0.978. The van der Waals surface area contributed by atoms with E-state index in [1.54, 1.807) is 0 Å². The molecule has 2 bridgehead atoms. The lowest BCUT2D eigenvalue weighted by atomic mass is 9.93. The van der Waals surface area contributed by atoms with Crippen molar-refractivity contribution in [3.8, 4) is 0 Å². The maximum absolute atomic E-state index is 4.45. The Labute approximate surface area is 78.3 Å². The summed E-state index contributed by atoms with van der Waals surface area (Å²) in [4.78, 5) is 4.45. The smallest absolute Gasteiger partial charge is 0.112 e. The Morgan fingerprint density at radius 1 is 1.38 bits per heavy atom. The summed E-state index contributed by atoms with van der Waals surface area (Å²) in [6, 6.07) is 0. The van der Waals surface area contributed by atoms with Gasteiger partial charge in [0.1, 0.15) is 5.82 Å². The van der Waals surface area contributed by atoms with Gasteiger partial charge >= 0.3 is 0 Å². The lowest BCUT2D eigenvalue weighted by Crippen LogP contribution is -2.10. The standard InChI is InChI=1S/C11H14N2/c1-13-5-4-12-11(13)10-7-8-2-3-9(10)6-8/h2-5,8-10H,6-7H2,1H3. The number of aryl methyl sites for hydroxylation is 1. The molecule has 0 N–H and O–H groups in total. The average Bonchev–Trinajstić information content (AvgIpc) is 2.77. The molecule has 0 aromatic carbocycles. The van der Waals surface area contributed by atoms with Crippen molar-refractivity contribution in [1.82, 2.24) is 9.55 Å². The highest BCUT2D eigenvalue weighted by atomic mass is 15.0. The van der Waals surface area contributed by atoms with Crippen molar-refractivity contribution in [3.05, 3.63) is 30.4 Å². The van der Waals surface area contributed by atoms with Crippen molar-refractivity contribution < 1.29 is 0 Å². The molecule has 1 aromatic heterocycles. The Balaban J connectivity index is 1.96. The van der Waals surface area contributed by atoms with E-state index in [9.17, 15) is 0 Å². The van der Waals surface area contributed by atoms with Crippen LogP contribution in [-0.4, -0.2) is 9.55 Å². The van der Waals surface area contributed by atoms with Crippen LogP contribution >= 0.6 is 0 Å². The molecule has 3 rings (SSSR count). The van der Waals surface area contributed by atoms with Crippen molar-refractivity contribution >= 4 is 0 Å². The van der Waals surface area contributed by atoms with Crippen LogP contribution in [0.15, 0.2) is 24.5 Å². The van der Waals surface area contributed by atoms with E-state index < -0.39 is 0 Å². The molecule has 3 unspecified atom stereocenters. The van der Waals surface area contributed by atoms with Crippen LogP contribution in [0.2, 0.25) is 0 Å². The van der Waals surface area contributed by atoms with Crippen LogP contribution in [0.25, 0.3) is 0 Å². The third-order valence-corrected chi connectivity index (χ3v) is 3.47. The first-order chi connectivity index (χ1) is 6.34. The zero-order chi connectivity index (χ0) is 8.84.